The van der Waals surface area contributed by atoms with Crippen molar-refractivity contribution >= 4 is 28.0 Å². The molecule has 4 aromatic heterocycles. The van der Waals surface area contributed by atoms with Crippen molar-refractivity contribution in [2.24, 2.45) is 5.92 Å². The summed E-state index contributed by atoms with van der Waals surface area (Å²) in [6.45, 7) is 6.64. The van der Waals surface area contributed by atoms with Gasteiger partial charge in [0.25, 0.3) is 0 Å². The van der Waals surface area contributed by atoms with Crippen molar-refractivity contribution in [3.8, 4) is 0 Å². The van der Waals surface area contributed by atoms with Crippen LogP contribution in [0.1, 0.15) is 55.6 Å². The summed E-state index contributed by atoms with van der Waals surface area (Å²) in [6, 6.07) is 4.03. The summed E-state index contributed by atoms with van der Waals surface area (Å²) in [4.78, 5) is 38.8. The lowest BCUT2D eigenvalue weighted by atomic mass is 9.97. The molecule has 0 spiro atoms. The van der Waals surface area contributed by atoms with E-state index < -0.39 is 11.4 Å². The summed E-state index contributed by atoms with van der Waals surface area (Å²) in [5.41, 5.74) is 1.68. The van der Waals surface area contributed by atoms with Crippen LogP contribution < -0.4 is 5.43 Å². The Kier molecular flexibility index (Phi) is 5.63. The largest absolute Gasteiger partial charge is 0.461 e. The second-order valence-corrected chi connectivity index (χ2v) is 9.57. The van der Waals surface area contributed by atoms with E-state index in [4.69, 9.17) is 4.74 Å². The van der Waals surface area contributed by atoms with Gasteiger partial charge in [-0.05, 0) is 43.4 Å². The number of carbonyl (C=O) groups excluding carboxylic acids is 1. The van der Waals surface area contributed by atoms with Gasteiger partial charge in [-0.1, -0.05) is 26.7 Å². The van der Waals surface area contributed by atoms with E-state index in [2.05, 4.69) is 43.8 Å². The number of pyridine rings is 1. The molecule has 1 aliphatic rings. The SMILES string of the molecule is Cc1cn(C2(Cn3nc(C(=O)OCC(C)C)c(=O)c4ncncc43)CCCC2)c2ncccc12. The third kappa shape index (κ3) is 3.74. The lowest BCUT2D eigenvalue weighted by Gasteiger charge is -2.32. The van der Waals surface area contributed by atoms with Crippen LogP contribution in [0.4, 0.5) is 0 Å². The van der Waals surface area contributed by atoms with Crippen LogP contribution in [-0.2, 0) is 16.8 Å². The minimum absolute atomic E-state index is 0.147. The first-order valence-corrected chi connectivity index (χ1v) is 11.7. The zero-order chi connectivity index (χ0) is 23.9. The van der Waals surface area contributed by atoms with Crippen LogP contribution in [0.15, 0.2) is 41.8 Å². The molecule has 0 radical (unpaired) electrons. The highest BCUT2D eigenvalue weighted by Crippen LogP contribution is 2.41. The summed E-state index contributed by atoms with van der Waals surface area (Å²) < 4.78 is 9.31. The van der Waals surface area contributed by atoms with Crippen LogP contribution in [0.25, 0.3) is 22.1 Å². The monoisotopic (exact) mass is 460 g/mol. The molecule has 9 nitrogen and oxygen atoms in total. The number of esters is 1. The van der Waals surface area contributed by atoms with Crippen molar-refractivity contribution in [3.63, 3.8) is 0 Å². The average Bonchev–Trinajstić information content (AvgIpc) is 3.45. The first kappa shape index (κ1) is 22.2. The minimum Gasteiger partial charge on any atom is -0.461 e. The van der Waals surface area contributed by atoms with E-state index in [9.17, 15) is 9.59 Å². The molecule has 1 saturated carbocycles. The molecule has 9 heteroatoms. The maximum atomic E-state index is 13.0. The number of hydrogen-bond acceptors (Lipinski definition) is 7. The molecule has 176 valence electrons. The maximum absolute atomic E-state index is 13.0. The third-order valence-electron chi connectivity index (χ3n) is 6.61. The Labute approximate surface area is 196 Å². The molecule has 0 N–H and O–H groups in total. The molecule has 0 aliphatic heterocycles. The van der Waals surface area contributed by atoms with E-state index in [-0.39, 0.29) is 29.3 Å². The third-order valence-corrected chi connectivity index (χ3v) is 6.61. The fourth-order valence-electron chi connectivity index (χ4n) is 4.95. The molecule has 4 aromatic rings. The zero-order valence-corrected chi connectivity index (χ0v) is 19.7. The van der Waals surface area contributed by atoms with E-state index in [1.54, 1.807) is 10.9 Å². The van der Waals surface area contributed by atoms with E-state index in [0.717, 1.165) is 42.3 Å². The molecule has 0 amide bonds. The Hall–Kier alpha value is -3.62. The van der Waals surface area contributed by atoms with Gasteiger partial charge < -0.3 is 9.30 Å². The summed E-state index contributed by atoms with van der Waals surface area (Å²) in [7, 11) is 0. The normalized spacial score (nSPS) is 15.4. The van der Waals surface area contributed by atoms with E-state index in [1.807, 2.05) is 26.1 Å². The fraction of sp³-hybridized carbons (Fsp3) is 0.440. The highest BCUT2D eigenvalue weighted by atomic mass is 16.5. The Morgan fingerprint density at radius 3 is 2.79 bits per heavy atom. The highest BCUT2D eigenvalue weighted by Gasteiger charge is 2.38. The molecule has 0 atom stereocenters. The van der Waals surface area contributed by atoms with Gasteiger partial charge in [0, 0.05) is 17.8 Å². The number of ether oxygens (including phenoxy) is 1. The van der Waals surface area contributed by atoms with Crippen molar-refractivity contribution in [2.75, 3.05) is 6.61 Å². The van der Waals surface area contributed by atoms with Crippen LogP contribution in [0.3, 0.4) is 0 Å². The van der Waals surface area contributed by atoms with Gasteiger partial charge in [-0.3, -0.25) is 9.48 Å². The van der Waals surface area contributed by atoms with Gasteiger partial charge in [-0.2, -0.15) is 5.10 Å². The topological polar surface area (TPSA) is 105 Å². The summed E-state index contributed by atoms with van der Waals surface area (Å²) in [5.74, 6) is -0.578. The molecule has 4 heterocycles. The van der Waals surface area contributed by atoms with Crippen LogP contribution in [0.2, 0.25) is 0 Å². The standard InChI is InChI=1S/C25H28N6O3/c1-16(2)13-34-24(33)21-22(32)20-19(11-26-15-28-20)31(29-21)14-25(8-4-5-9-25)30-12-17(3)18-7-6-10-27-23(18)30/h6-7,10-12,15-16H,4-5,8-9,13-14H2,1-3H3. The molecular weight excluding hydrogens is 432 g/mol. The molecule has 1 fully saturated rings. The van der Waals surface area contributed by atoms with Crippen molar-refractivity contribution in [3.05, 3.63) is 58.5 Å². The zero-order valence-electron chi connectivity index (χ0n) is 19.7. The predicted octanol–water partition coefficient (Wildman–Crippen LogP) is 3.63. The fourth-order valence-corrected chi connectivity index (χ4v) is 4.95. The maximum Gasteiger partial charge on any atom is 0.363 e. The lowest BCUT2D eigenvalue weighted by Crippen LogP contribution is -2.37. The second-order valence-electron chi connectivity index (χ2n) is 9.57. The first-order valence-electron chi connectivity index (χ1n) is 11.7. The van der Waals surface area contributed by atoms with Gasteiger partial charge in [0.2, 0.25) is 11.1 Å². The molecule has 0 saturated heterocycles. The van der Waals surface area contributed by atoms with Gasteiger partial charge in [-0.15, -0.1) is 0 Å². The van der Waals surface area contributed by atoms with E-state index >= 15 is 0 Å². The van der Waals surface area contributed by atoms with Crippen molar-refractivity contribution in [2.45, 2.75) is 58.5 Å². The Morgan fingerprint density at radius 2 is 2.03 bits per heavy atom. The van der Waals surface area contributed by atoms with Gasteiger partial charge in [-0.25, -0.2) is 19.7 Å². The molecule has 0 aromatic carbocycles. The molecule has 34 heavy (non-hydrogen) atoms. The van der Waals surface area contributed by atoms with E-state index in [0.29, 0.717) is 12.1 Å². The number of aryl methyl sites for hydroxylation is 1. The lowest BCUT2D eigenvalue weighted by molar-refractivity contribution is 0.0447. The Morgan fingerprint density at radius 1 is 1.24 bits per heavy atom. The smallest absolute Gasteiger partial charge is 0.363 e. The number of nitrogens with zero attached hydrogens (tertiary/aromatic N) is 6. The van der Waals surface area contributed by atoms with Crippen LogP contribution in [-0.4, -0.2) is 41.9 Å². The number of fused-ring (bicyclic) bond motifs is 2. The molecule has 1 aliphatic carbocycles. The van der Waals surface area contributed by atoms with Crippen LogP contribution in [0.5, 0.6) is 0 Å². The number of aromatic nitrogens is 6. The van der Waals surface area contributed by atoms with Crippen molar-refractivity contribution in [1.29, 1.82) is 0 Å². The van der Waals surface area contributed by atoms with Gasteiger partial charge in [0.15, 0.2) is 0 Å². The van der Waals surface area contributed by atoms with E-state index in [1.165, 1.54) is 6.33 Å². The van der Waals surface area contributed by atoms with Crippen LogP contribution in [0, 0.1) is 12.8 Å². The number of hydrogen-bond donors (Lipinski definition) is 0. The highest BCUT2D eigenvalue weighted by molar-refractivity contribution is 5.90. The van der Waals surface area contributed by atoms with Gasteiger partial charge in [0.1, 0.15) is 23.0 Å². The first-order chi connectivity index (χ1) is 16.4. The number of rotatable bonds is 6. The molecule has 5 rings (SSSR count). The quantitative estimate of drug-likeness (QED) is 0.405. The Bertz CT molecular complexity index is 1430. The Balaban J connectivity index is 1.65. The minimum atomic E-state index is -0.725. The molecule has 0 bridgehead atoms. The summed E-state index contributed by atoms with van der Waals surface area (Å²) in [6.07, 6.45) is 10.9. The number of carbonyl (C=O) groups is 1. The van der Waals surface area contributed by atoms with Crippen molar-refractivity contribution in [1.82, 2.24) is 29.3 Å². The second kappa shape index (κ2) is 8.62. The summed E-state index contributed by atoms with van der Waals surface area (Å²) >= 11 is 0. The predicted molar refractivity (Wildman–Crippen MR) is 128 cm³/mol. The molecular formula is C25H28N6O3. The van der Waals surface area contributed by atoms with Crippen molar-refractivity contribution < 1.29 is 9.53 Å². The van der Waals surface area contributed by atoms with Gasteiger partial charge in [0.05, 0.1) is 24.9 Å². The van der Waals surface area contributed by atoms with Gasteiger partial charge >= 0.3 is 5.97 Å². The van der Waals surface area contributed by atoms with Crippen LogP contribution >= 0.6 is 0 Å². The average molecular weight is 461 g/mol. The summed E-state index contributed by atoms with van der Waals surface area (Å²) in [5, 5.41) is 5.63. The molecule has 0 unspecified atom stereocenters.